The van der Waals surface area contributed by atoms with E-state index in [9.17, 15) is 20.0 Å². The zero-order valence-corrected chi connectivity index (χ0v) is 10.2. The van der Waals surface area contributed by atoms with Gasteiger partial charge in [0.15, 0.2) is 5.69 Å². The van der Waals surface area contributed by atoms with Crippen LogP contribution in [0.3, 0.4) is 0 Å². The van der Waals surface area contributed by atoms with E-state index in [0.29, 0.717) is 0 Å². The maximum absolute atomic E-state index is 11.9. The molecule has 1 aromatic heterocycles. The SMILES string of the molecule is CC(C)C1(O)CN(C(=O)c2ccc([N+](=O)[O-])[nH]2)C1. The van der Waals surface area contributed by atoms with Gasteiger partial charge in [-0.2, -0.15) is 0 Å². The number of carbonyl (C=O) groups excluding carboxylic acids is 1. The molecule has 1 saturated heterocycles. The number of nitro groups is 1. The molecule has 0 radical (unpaired) electrons. The normalized spacial score (nSPS) is 17.7. The third kappa shape index (κ3) is 1.97. The highest BCUT2D eigenvalue weighted by atomic mass is 16.6. The van der Waals surface area contributed by atoms with Crippen LogP contribution >= 0.6 is 0 Å². The Kier molecular flexibility index (Phi) is 2.86. The quantitative estimate of drug-likeness (QED) is 0.613. The highest BCUT2D eigenvalue weighted by molar-refractivity contribution is 5.93. The first-order valence-corrected chi connectivity index (χ1v) is 5.68. The van der Waals surface area contributed by atoms with Gasteiger partial charge in [-0.3, -0.25) is 4.79 Å². The van der Waals surface area contributed by atoms with E-state index in [-0.39, 0.29) is 36.4 Å². The van der Waals surface area contributed by atoms with Crippen molar-refractivity contribution in [2.45, 2.75) is 19.4 Å². The highest BCUT2D eigenvalue weighted by Gasteiger charge is 2.46. The van der Waals surface area contributed by atoms with Gasteiger partial charge in [-0.05, 0) is 16.9 Å². The summed E-state index contributed by atoms with van der Waals surface area (Å²) in [5, 5.41) is 20.5. The molecule has 0 aromatic carbocycles. The summed E-state index contributed by atoms with van der Waals surface area (Å²) in [4.78, 5) is 25.8. The van der Waals surface area contributed by atoms with Crippen molar-refractivity contribution in [3.63, 3.8) is 0 Å². The summed E-state index contributed by atoms with van der Waals surface area (Å²) in [5.74, 6) is -0.467. The van der Waals surface area contributed by atoms with Crippen LogP contribution in [0.4, 0.5) is 5.82 Å². The Morgan fingerprint density at radius 2 is 2.17 bits per heavy atom. The first-order chi connectivity index (χ1) is 8.33. The maximum atomic E-state index is 11.9. The minimum absolute atomic E-state index is 0.0690. The number of aliphatic hydroxyl groups is 1. The number of hydrogen-bond donors (Lipinski definition) is 2. The van der Waals surface area contributed by atoms with Crippen LogP contribution in [0.5, 0.6) is 0 Å². The Bertz CT molecular complexity index is 488. The summed E-state index contributed by atoms with van der Waals surface area (Å²) < 4.78 is 0. The summed E-state index contributed by atoms with van der Waals surface area (Å²) >= 11 is 0. The molecule has 0 saturated carbocycles. The number of nitrogens with one attached hydrogen (secondary N) is 1. The summed E-state index contributed by atoms with van der Waals surface area (Å²) in [6, 6.07) is 2.63. The van der Waals surface area contributed by atoms with Crippen LogP contribution in [0, 0.1) is 16.0 Å². The third-order valence-corrected chi connectivity index (χ3v) is 3.39. The number of aromatic nitrogens is 1. The van der Waals surface area contributed by atoms with Gasteiger partial charge in [-0.15, -0.1) is 0 Å². The van der Waals surface area contributed by atoms with Gasteiger partial charge in [-0.1, -0.05) is 13.8 Å². The number of carbonyl (C=O) groups is 1. The Labute approximate surface area is 104 Å². The monoisotopic (exact) mass is 253 g/mol. The van der Waals surface area contributed by atoms with Crippen LogP contribution in [-0.2, 0) is 0 Å². The number of H-pyrrole nitrogens is 1. The van der Waals surface area contributed by atoms with Gasteiger partial charge in [0, 0.05) is 6.07 Å². The second-order valence-electron chi connectivity index (χ2n) is 4.93. The van der Waals surface area contributed by atoms with Crippen LogP contribution in [0.15, 0.2) is 12.1 Å². The lowest BCUT2D eigenvalue weighted by atomic mass is 9.83. The lowest BCUT2D eigenvalue weighted by molar-refractivity contribution is -0.389. The van der Waals surface area contributed by atoms with Crippen molar-refractivity contribution in [1.29, 1.82) is 0 Å². The van der Waals surface area contributed by atoms with Gasteiger partial charge in [0.25, 0.3) is 5.91 Å². The summed E-state index contributed by atoms with van der Waals surface area (Å²) in [5.41, 5.74) is -0.665. The van der Waals surface area contributed by atoms with Gasteiger partial charge in [0.05, 0.1) is 13.1 Å². The van der Waals surface area contributed by atoms with E-state index in [4.69, 9.17) is 0 Å². The number of β-amino-alcohol motifs (C(OH)–C–C–N with tert-alkyl or cyclic N) is 1. The summed E-state index contributed by atoms with van der Waals surface area (Å²) in [7, 11) is 0. The van der Waals surface area contributed by atoms with Crippen LogP contribution in [0.1, 0.15) is 24.3 Å². The van der Waals surface area contributed by atoms with E-state index in [1.807, 2.05) is 13.8 Å². The predicted octanol–water partition coefficient (Wildman–Crippen LogP) is 0.766. The number of nitrogens with zero attached hydrogens (tertiary/aromatic N) is 2. The average Bonchev–Trinajstić information content (AvgIpc) is 2.72. The smallest absolute Gasteiger partial charge is 0.321 e. The van der Waals surface area contributed by atoms with E-state index < -0.39 is 10.5 Å². The minimum atomic E-state index is -0.839. The Hall–Kier alpha value is -1.89. The lowest BCUT2D eigenvalue weighted by Crippen LogP contribution is -2.66. The maximum Gasteiger partial charge on any atom is 0.321 e. The van der Waals surface area contributed by atoms with Crippen LogP contribution in [0.2, 0.25) is 0 Å². The van der Waals surface area contributed by atoms with Crippen molar-refractivity contribution in [2.24, 2.45) is 5.92 Å². The molecule has 2 heterocycles. The Balaban J connectivity index is 2.04. The fraction of sp³-hybridized carbons (Fsp3) is 0.545. The second kappa shape index (κ2) is 4.09. The molecule has 2 N–H and O–H groups in total. The van der Waals surface area contributed by atoms with Gasteiger partial charge >= 0.3 is 5.82 Å². The Morgan fingerprint density at radius 3 is 2.61 bits per heavy atom. The Morgan fingerprint density at radius 1 is 1.56 bits per heavy atom. The van der Waals surface area contributed by atoms with E-state index in [1.54, 1.807) is 0 Å². The molecule has 0 spiro atoms. The van der Waals surface area contributed by atoms with Crippen molar-refractivity contribution >= 4 is 11.7 Å². The van der Waals surface area contributed by atoms with Crippen molar-refractivity contribution in [3.05, 3.63) is 27.9 Å². The number of likely N-dealkylation sites (tertiary alicyclic amines) is 1. The summed E-state index contributed by atoms with van der Waals surface area (Å²) in [6.07, 6.45) is 0. The molecule has 1 aromatic rings. The van der Waals surface area contributed by atoms with Crippen LogP contribution in [0.25, 0.3) is 0 Å². The topological polar surface area (TPSA) is 99.5 Å². The van der Waals surface area contributed by atoms with E-state index in [2.05, 4.69) is 4.98 Å². The molecule has 0 atom stereocenters. The number of hydrogen-bond acceptors (Lipinski definition) is 4. The molecule has 1 amide bonds. The minimum Gasteiger partial charge on any atom is -0.386 e. The molecule has 18 heavy (non-hydrogen) atoms. The number of rotatable bonds is 3. The zero-order valence-electron chi connectivity index (χ0n) is 10.2. The largest absolute Gasteiger partial charge is 0.386 e. The number of amides is 1. The molecule has 7 heteroatoms. The standard InChI is InChI=1S/C11H15N3O4/c1-7(2)11(16)5-13(6-11)10(15)8-3-4-9(12-8)14(17)18/h3-4,7,12,16H,5-6H2,1-2H3. The van der Waals surface area contributed by atoms with Gasteiger partial charge in [0.1, 0.15) is 5.60 Å². The number of aromatic amines is 1. The van der Waals surface area contributed by atoms with E-state index in [1.165, 1.54) is 17.0 Å². The second-order valence-corrected chi connectivity index (χ2v) is 4.93. The molecule has 0 bridgehead atoms. The fourth-order valence-corrected chi connectivity index (χ4v) is 1.91. The molecule has 1 aliphatic heterocycles. The van der Waals surface area contributed by atoms with Crippen LogP contribution in [-0.4, -0.2) is 44.5 Å². The van der Waals surface area contributed by atoms with Gasteiger partial charge in [0.2, 0.25) is 0 Å². The zero-order chi connectivity index (χ0) is 13.5. The van der Waals surface area contributed by atoms with Crippen LogP contribution < -0.4 is 0 Å². The predicted molar refractivity (Wildman–Crippen MR) is 63.1 cm³/mol. The van der Waals surface area contributed by atoms with Crippen molar-refractivity contribution in [1.82, 2.24) is 9.88 Å². The van der Waals surface area contributed by atoms with Gasteiger partial charge in [-0.25, -0.2) is 4.98 Å². The van der Waals surface area contributed by atoms with Gasteiger partial charge < -0.3 is 20.1 Å². The molecule has 98 valence electrons. The molecular weight excluding hydrogens is 238 g/mol. The highest BCUT2D eigenvalue weighted by Crippen LogP contribution is 2.29. The molecule has 7 nitrogen and oxygen atoms in total. The fourth-order valence-electron chi connectivity index (χ4n) is 1.91. The third-order valence-electron chi connectivity index (χ3n) is 3.39. The molecule has 0 unspecified atom stereocenters. The molecule has 1 fully saturated rings. The first kappa shape index (κ1) is 12.6. The van der Waals surface area contributed by atoms with E-state index >= 15 is 0 Å². The molecule has 2 rings (SSSR count). The average molecular weight is 253 g/mol. The first-order valence-electron chi connectivity index (χ1n) is 5.68. The molecular formula is C11H15N3O4. The van der Waals surface area contributed by atoms with Crippen molar-refractivity contribution in [3.8, 4) is 0 Å². The lowest BCUT2D eigenvalue weighted by Gasteiger charge is -2.48. The van der Waals surface area contributed by atoms with E-state index in [0.717, 1.165) is 0 Å². The molecule has 0 aliphatic carbocycles. The summed E-state index contributed by atoms with van der Waals surface area (Å²) in [6.45, 7) is 4.30. The van der Waals surface area contributed by atoms with Crippen molar-refractivity contribution < 1.29 is 14.8 Å². The van der Waals surface area contributed by atoms with Crippen molar-refractivity contribution in [2.75, 3.05) is 13.1 Å². The molecule has 1 aliphatic rings.